The molecule has 2 aromatic carbocycles. The zero-order valence-electron chi connectivity index (χ0n) is 16.6. The van der Waals surface area contributed by atoms with Gasteiger partial charge >= 0.3 is 0 Å². The second-order valence-corrected chi connectivity index (χ2v) is 9.93. The van der Waals surface area contributed by atoms with E-state index in [2.05, 4.69) is 67.6 Å². The van der Waals surface area contributed by atoms with Crippen molar-refractivity contribution in [2.75, 3.05) is 5.75 Å². The molecule has 27 heavy (non-hydrogen) atoms. The minimum atomic E-state index is 0. The first-order valence-corrected chi connectivity index (χ1v) is 11.6. The van der Waals surface area contributed by atoms with Crippen molar-refractivity contribution in [3.05, 3.63) is 71.8 Å². The van der Waals surface area contributed by atoms with Crippen LogP contribution in [0.1, 0.15) is 58.0 Å². The Morgan fingerprint density at radius 3 is 2.44 bits per heavy atom. The Morgan fingerprint density at radius 2 is 1.74 bits per heavy atom. The predicted octanol–water partition coefficient (Wildman–Crippen LogP) is 6.63. The summed E-state index contributed by atoms with van der Waals surface area (Å²) >= 11 is 1.58. The molecule has 1 nitrogen and oxygen atoms in total. The summed E-state index contributed by atoms with van der Waals surface area (Å²) in [7, 11) is 0. The minimum Gasteiger partial charge on any atom is -0.278 e. The Bertz CT molecular complexity index is 737. The summed E-state index contributed by atoms with van der Waals surface area (Å²) in [5.74, 6) is 2.72. The third kappa shape index (κ3) is 3.98. The van der Waals surface area contributed by atoms with Crippen LogP contribution in [0.4, 0.5) is 0 Å². The maximum Gasteiger partial charge on any atom is 0.0133 e. The van der Waals surface area contributed by atoms with E-state index in [4.69, 9.17) is 5.14 Å². The summed E-state index contributed by atoms with van der Waals surface area (Å²) in [6.07, 6.45) is 9.29. The van der Waals surface area contributed by atoms with E-state index in [1.165, 1.54) is 50.5 Å². The third-order valence-electron chi connectivity index (χ3n) is 7.51. The third-order valence-corrected chi connectivity index (χ3v) is 8.29. The molecule has 0 heterocycles. The number of hydrogen-bond acceptors (Lipinski definition) is 2. The van der Waals surface area contributed by atoms with Crippen molar-refractivity contribution in [1.29, 1.82) is 0 Å². The first-order chi connectivity index (χ1) is 13.1. The van der Waals surface area contributed by atoms with Gasteiger partial charge in [0.1, 0.15) is 0 Å². The molecular formula is C25H35NS. The summed E-state index contributed by atoms with van der Waals surface area (Å²) in [4.78, 5) is 0. The fourth-order valence-corrected chi connectivity index (χ4v) is 6.79. The quantitative estimate of drug-likeness (QED) is 0.545. The molecule has 0 saturated heterocycles. The van der Waals surface area contributed by atoms with Crippen molar-refractivity contribution >= 4 is 11.9 Å². The van der Waals surface area contributed by atoms with Gasteiger partial charge < -0.3 is 0 Å². The molecule has 4 unspecified atom stereocenters. The molecule has 0 amide bonds. The zero-order chi connectivity index (χ0) is 18.7. The van der Waals surface area contributed by atoms with Crippen molar-refractivity contribution in [2.45, 2.75) is 57.3 Å². The van der Waals surface area contributed by atoms with Crippen molar-refractivity contribution in [3.8, 4) is 0 Å². The predicted molar refractivity (Wildman–Crippen MR) is 120 cm³/mol. The highest BCUT2D eigenvalue weighted by Gasteiger charge is 2.54. The highest BCUT2D eigenvalue weighted by Crippen LogP contribution is 2.62. The van der Waals surface area contributed by atoms with Crippen molar-refractivity contribution < 1.29 is 1.43 Å². The van der Waals surface area contributed by atoms with E-state index >= 15 is 0 Å². The van der Waals surface area contributed by atoms with Gasteiger partial charge in [-0.2, -0.15) is 0 Å². The van der Waals surface area contributed by atoms with E-state index in [-0.39, 0.29) is 1.43 Å². The van der Waals surface area contributed by atoms with Gasteiger partial charge in [-0.05, 0) is 78.7 Å². The summed E-state index contributed by atoms with van der Waals surface area (Å²) in [6, 6.07) is 22.4. The van der Waals surface area contributed by atoms with Crippen LogP contribution >= 0.6 is 11.9 Å². The lowest BCUT2D eigenvalue weighted by molar-refractivity contribution is 0.114. The van der Waals surface area contributed by atoms with Crippen LogP contribution in [-0.2, 0) is 11.8 Å². The molecule has 0 radical (unpaired) electrons. The molecule has 2 aromatic rings. The zero-order valence-corrected chi connectivity index (χ0v) is 17.4. The largest absolute Gasteiger partial charge is 0.278 e. The maximum atomic E-state index is 5.99. The van der Waals surface area contributed by atoms with Crippen LogP contribution in [-0.4, -0.2) is 5.75 Å². The van der Waals surface area contributed by atoms with Crippen LogP contribution in [0, 0.1) is 17.3 Å². The molecule has 0 aliphatic heterocycles. The molecule has 4 rings (SSSR count). The van der Waals surface area contributed by atoms with Gasteiger partial charge in [-0.25, -0.2) is 0 Å². The number of hydrogen-bond donors (Lipinski definition) is 1. The smallest absolute Gasteiger partial charge is 0.0133 e. The fraction of sp³-hybridized carbons (Fsp3) is 0.520. The molecule has 146 valence electrons. The molecule has 2 fully saturated rings. The summed E-state index contributed by atoms with van der Waals surface area (Å²) in [6.45, 7) is 2.50. The lowest BCUT2D eigenvalue weighted by Crippen LogP contribution is -2.39. The van der Waals surface area contributed by atoms with Crippen LogP contribution in [0.15, 0.2) is 60.7 Å². The molecule has 4 atom stereocenters. The molecule has 2 bridgehead atoms. The average Bonchev–Trinajstić information content (AvgIpc) is 2.99. The van der Waals surface area contributed by atoms with Gasteiger partial charge in [-0.3, -0.25) is 5.14 Å². The van der Waals surface area contributed by atoms with E-state index in [9.17, 15) is 0 Å². The molecular weight excluding hydrogens is 346 g/mol. The Hall–Kier alpha value is -1.25. The second-order valence-electron chi connectivity index (χ2n) is 9.30. The Balaban J connectivity index is 0.00000225. The monoisotopic (exact) mass is 381 g/mol. The van der Waals surface area contributed by atoms with Gasteiger partial charge in [0.15, 0.2) is 0 Å². The van der Waals surface area contributed by atoms with Crippen molar-refractivity contribution in [3.63, 3.8) is 0 Å². The Kier molecular flexibility index (Phi) is 5.66. The fourth-order valence-electron chi connectivity index (χ4n) is 6.07. The van der Waals surface area contributed by atoms with Crippen LogP contribution in [0.5, 0.6) is 0 Å². The van der Waals surface area contributed by atoms with E-state index in [0.717, 1.165) is 17.6 Å². The van der Waals surface area contributed by atoms with Crippen molar-refractivity contribution in [2.24, 2.45) is 22.4 Å². The van der Waals surface area contributed by atoms with Crippen LogP contribution < -0.4 is 5.14 Å². The Labute approximate surface area is 170 Å². The van der Waals surface area contributed by atoms with Gasteiger partial charge in [0.25, 0.3) is 0 Å². The first kappa shape index (κ1) is 19.1. The number of benzene rings is 2. The van der Waals surface area contributed by atoms with Gasteiger partial charge in [0.2, 0.25) is 0 Å². The summed E-state index contributed by atoms with van der Waals surface area (Å²) < 4.78 is 0. The van der Waals surface area contributed by atoms with E-state index in [1.54, 1.807) is 17.5 Å². The topological polar surface area (TPSA) is 26.0 Å². The van der Waals surface area contributed by atoms with E-state index in [1.807, 2.05) is 0 Å². The standard InChI is InChI=1S/C25H33NS.H2/c1-20(12-13-21-8-4-2-5-9-21)22-16-24(19-27-26)14-15-25(17-22,18-24)23-10-6-3-7-11-23;/h2-11,20,22H,12-19,26H2,1H3;1H. The minimum absolute atomic E-state index is 0. The van der Waals surface area contributed by atoms with E-state index in [0.29, 0.717) is 10.8 Å². The second kappa shape index (κ2) is 8.01. The summed E-state index contributed by atoms with van der Waals surface area (Å²) in [5.41, 5.74) is 3.90. The lowest BCUT2D eigenvalue weighted by atomic mass is 9.60. The number of aryl methyl sites for hydroxylation is 1. The van der Waals surface area contributed by atoms with Crippen LogP contribution in [0.25, 0.3) is 0 Å². The van der Waals surface area contributed by atoms with Crippen molar-refractivity contribution in [1.82, 2.24) is 0 Å². The molecule has 2 N–H and O–H groups in total. The van der Waals surface area contributed by atoms with Crippen LogP contribution in [0.2, 0.25) is 0 Å². The number of rotatable bonds is 7. The number of nitrogens with two attached hydrogens (primary N) is 1. The molecule has 2 aliphatic rings. The maximum absolute atomic E-state index is 5.99. The average molecular weight is 382 g/mol. The lowest BCUT2D eigenvalue weighted by Gasteiger charge is -2.46. The van der Waals surface area contributed by atoms with Gasteiger partial charge in [-0.15, -0.1) is 0 Å². The first-order valence-electron chi connectivity index (χ1n) is 10.6. The summed E-state index contributed by atoms with van der Waals surface area (Å²) in [5, 5.41) is 5.99. The van der Waals surface area contributed by atoms with E-state index < -0.39 is 0 Å². The SMILES string of the molecule is CC(CCc1ccccc1)C1CC2(CSN)CCC(c3ccccc3)(C1)C2.[HH]. The molecule has 0 aromatic heterocycles. The normalized spacial score (nSPS) is 31.0. The Morgan fingerprint density at radius 1 is 1.04 bits per heavy atom. The molecule has 0 spiro atoms. The molecule has 2 heteroatoms. The highest BCUT2D eigenvalue weighted by molar-refractivity contribution is 7.97. The van der Waals surface area contributed by atoms with Gasteiger partial charge in [-0.1, -0.05) is 79.5 Å². The van der Waals surface area contributed by atoms with Crippen LogP contribution in [0.3, 0.4) is 0 Å². The number of fused-ring (bicyclic) bond motifs is 2. The molecule has 2 aliphatic carbocycles. The highest BCUT2D eigenvalue weighted by atomic mass is 32.2. The van der Waals surface area contributed by atoms with Gasteiger partial charge in [0, 0.05) is 7.18 Å². The van der Waals surface area contributed by atoms with Gasteiger partial charge in [0.05, 0.1) is 0 Å². The molecule has 2 saturated carbocycles.